The van der Waals surface area contributed by atoms with E-state index in [1.165, 1.54) is 10.6 Å². The molecule has 0 radical (unpaired) electrons. The monoisotopic (exact) mass is 341 g/mol. The summed E-state index contributed by atoms with van der Waals surface area (Å²) in [5.41, 5.74) is -0.161. The van der Waals surface area contributed by atoms with Crippen LogP contribution in [0.1, 0.15) is 36.1 Å². The van der Waals surface area contributed by atoms with E-state index in [0.29, 0.717) is 17.8 Å². The van der Waals surface area contributed by atoms with E-state index in [9.17, 15) is 9.59 Å². The lowest BCUT2D eigenvalue weighted by molar-refractivity contribution is 0.0660. The lowest BCUT2D eigenvalue weighted by atomic mass is 10.1. The largest absolute Gasteiger partial charge is 0.494 e. The van der Waals surface area contributed by atoms with Crippen LogP contribution < -0.4 is 10.3 Å². The number of unbranched alkanes of at least 4 members (excludes halogenated alkanes) is 1. The number of hydrogen-bond acceptors (Lipinski definition) is 4. The van der Waals surface area contributed by atoms with Crippen molar-refractivity contribution in [3.63, 3.8) is 0 Å². The lowest BCUT2D eigenvalue weighted by Crippen LogP contribution is -2.19. The molecule has 2 aromatic heterocycles. The smallest absolute Gasteiger partial charge is 0.371 e. The molecule has 1 aromatic carbocycles. The van der Waals surface area contributed by atoms with Gasteiger partial charge in [-0.2, -0.15) is 0 Å². The fourth-order valence-electron chi connectivity index (χ4n) is 2.56. The maximum Gasteiger partial charge on any atom is 0.371 e. The molecule has 6 heteroatoms. The Hall–Kier alpha value is -3.02. The SMILES string of the molecule is CCCCOc1ccc2c(=O)n(Cc3ccc(C(=O)O)o3)ccc2c1. The molecule has 0 atom stereocenters. The highest BCUT2D eigenvalue weighted by molar-refractivity contribution is 5.84. The van der Waals surface area contributed by atoms with E-state index in [4.69, 9.17) is 14.3 Å². The van der Waals surface area contributed by atoms with E-state index in [2.05, 4.69) is 6.92 Å². The van der Waals surface area contributed by atoms with Crippen molar-refractivity contribution < 1.29 is 19.1 Å². The first kappa shape index (κ1) is 16.8. The summed E-state index contributed by atoms with van der Waals surface area (Å²) in [5.74, 6) is -0.112. The van der Waals surface area contributed by atoms with E-state index < -0.39 is 5.97 Å². The molecule has 0 saturated heterocycles. The molecule has 6 nitrogen and oxygen atoms in total. The Balaban J connectivity index is 1.85. The summed E-state index contributed by atoms with van der Waals surface area (Å²) in [5, 5.41) is 10.3. The highest BCUT2D eigenvalue weighted by atomic mass is 16.5. The van der Waals surface area contributed by atoms with Crippen molar-refractivity contribution in [1.82, 2.24) is 4.57 Å². The van der Waals surface area contributed by atoms with Gasteiger partial charge in [0.2, 0.25) is 5.76 Å². The van der Waals surface area contributed by atoms with Crippen molar-refractivity contribution in [2.45, 2.75) is 26.3 Å². The second kappa shape index (κ2) is 7.25. The van der Waals surface area contributed by atoms with Crippen LogP contribution in [0.2, 0.25) is 0 Å². The highest BCUT2D eigenvalue weighted by Gasteiger charge is 2.11. The van der Waals surface area contributed by atoms with Gasteiger partial charge in [0, 0.05) is 11.6 Å². The average Bonchev–Trinajstić information content (AvgIpc) is 3.07. The zero-order valence-corrected chi connectivity index (χ0v) is 13.9. The van der Waals surface area contributed by atoms with Crippen molar-refractivity contribution in [3.8, 4) is 5.75 Å². The first-order chi connectivity index (χ1) is 12.1. The van der Waals surface area contributed by atoms with Gasteiger partial charge >= 0.3 is 5.97 Å². The van der Waals surface area contributed by atoms with Crippen LogP contribution in [-0.2, 0) is 6.54 Å². The minimum Gasteiger partial charge on any atom is -0.494 e. The minimum absolute atomic E-state index is 0.141. The Morgan fingerprint density at radius 2 is 2.08 bits per heavy atom. The number of nitrogens with zero attached hydrogens (tertiary/aromatic N) is 1. The molecule has 0 aliphatic heterocycles. The van der Waals surface area contributed by atoms with Crippen LogP contribution in [0.4, 0.5) is 0 Å². The van der Waals surface area contributed by atoms with Crippen LogP contribution in [0.15, 0.2) is 51.8 Å². The molecule has 25 heavy (non-hydrogen) atoms. The summed E-state index contributed by atoms with van der Waals surface area (Å²) in [7, 11) is 0. The fraction of sp³-hybridized carbons (Fsp3) is 0.263. The molecule has 0 bridgehead atoms. The second-order valence-corrected chi connectivity index (χ2v) is 5.77. The van der Waals surface area contributed by atoms with E-state index in [1.807, 2.05) is 12.1 Å². The number of hydrogen-bond donors (Lipinski definition) is 1. The predicted octanol–water partition coefficient (Wildman–Crippen LogP) is 3.52. The molecule has 0 aliphatic rings. The third-order valence-corrected chi connectivity index (χ3v) is 3.91. The van der Waals surface area contributed by atoms with Crippen molar-refractivity contribution in [1.29, 1.82) is 0 Å². The molecule has 1 N–H and O–H groups in total. The molecule has 130 valence electrons. The topological polar surface area (TPSA) is 81.7 Å². The Morgan fingerprint density at radius 3 is 2.80 bits per heavy atom. The van der Waals surface area contributed by atoms with Gasteiger partial charge < -0.3 is 18.8 Å². The van der Waals surface area contributed by atoms with Crippen LogP contribution >= 0.6 is 0 Å². The minimum atomic E-state index is -1.13. The lowest BCUT2D eigenvalue weighted by Gasteiger charge is -2.08. The first-order valence-electron chi connectivity index (χ1n) is 8.16. The van der Waals surface area contributed by atoms with Gasteiger partial charge in [0.05, 0.1) is 13.2 Å². The third kappa shape index (κ3) is 3.74. The molecule has 3 aromatic rings. The Morgan fingerprint density at radius 1 is 1.24 bits per heavy atom. The van der Waals surface area contributed by atoms with Gasteiger partial charge in [0.1, 0.15) is 11.5 Å². The Kier molecular flexibility index (Phi) is 4.88. The quantitative estimate of drug-likeness (QED) is 0.665. The van der Waals surface area contributed by atoms with Gasteiger partial charge in [-0.3, -0.25) is 4.79 Å². The van der Waals surface area contributed by atoms with Gasteiger partial charge in [-0.25, -0.2) is 4.79 Å². The third-order valence-electron chi connectivity index (χ3n) is 3.91. The van der Waals surface area contributed by atoms with E-state index in [-0.39, 0.29) is 17.9 Å². The fourth-order valence-corrected chi connectivity index (χ4v) is 2.56. The number of pyridine rings is 1. The van der Waals surface area contributed by atoms with Crippen molar-refractivity contribution >= 4 is 16.7 Å². The number of aromatic nitrogens is 1. The van der Waals surface area contributed by atoms with Gasteiger partial charge in [-0.05, 0) is 48.2 Å². The summed E-state index contributed by atoms with van der Waals surface area (Å²) in [6.45, 7) is 2.94. The number of rotatable bonds is 7. The highest BCUT2D eigenvalue weighted by Crippen LogP contribution is 2.19. The summed E-state index contributed by atoms with van der Waals surface area (Å²) in [6, 6.07) is 10.2. The van der Waals surface area contributed by atoms with Gasteiger partial charge in [-0.15, -0.1) is 0 Å². The number of aromatic carboxylic acids is 1. The van der Waals surface area contributed by atoms with Crippen LogP contribution in [-0.4, -0.2) is 22.2 Å². The van der Waals surface area contributed by atoms with Crippen molar-refractivity contribution in [2.75, 3.05) is 6.61 Å². The maximum absolute atomic E-state index is 12.6. The molecule has 0 spiro atoms. The molecular formula is C19H19NO5. The molecular weight excluding hydrogens is 322 g/mol. The molecule has 0 saturated carbocycles. The van der Waals surface area contributed by atoms with Gasteiger partial charge in [0.25, 0.3) is 5.56 Å². The molecule has 0 aliphatic carbocycles. The van der Waals surface area contributed by atoms with E-state index in [0.717, 1.165) is 24.0 Å². The molecule has 2 heterocycles. The van der Waals surface area contributed by atoms with Gasteiger partial charge in [0.15, 0.2) is 0 Å². The van der Waals surface area contributed by atoms with Gasteiger partial charge in [-0.1, -0.05) is 13.3 Å². The summed E-state index contributed by atoms with van der Waals surface area (Å²) in [6.07, 6.45) is 3.72. The molecule has 0 fully saturated rings. The standard InChI is InChI=1S/C19H19NO5/c1-2-3-10-24-14-4-6-16-13(11-14)8-9-20(18(16)21)12-15-5-7-17(25-15)19(22)23/h4-9,11H,2-3,10,12H2,1H3,(H,22,23). The van der Waals surface area contributed by atoms with Crippen molar-refractivity contribution in [2.24, 2.45) is 0 Å². The van der Waals surface area contributed by atoms with E-state index >= 15 is 0 Å². The van der Waals surface area contributed by atoms with Crippen LogP contribution in [0.5, 0.6) is 5.75 Å². The zero-order valence-electron chi connectivity index (χ0n) is 13.9. The Bertz CT molecular complexity index is 954. The second-order valence-electron chi connectivity index (χ2n) is 5.77. The Labute approximate surface area is 144 Å². The zero-order chi connectivity index (χ0) is 17.8. The van der Waals surface area contributed by atoms with E-state index in [1.54, 1.807) is 24.4 Å². The normalized spacial score (nSPS) is 10.9. The molecule has 0 amide bonds. The van der Waals surface area contributed by atoms with Crippen LogP contribution in [0.25, 0.3) is 10.8 Å². The number of carbonyl (C=O) groups is 1. The maximum atomic E-state index is 12.6. The number of furan rings is 1. The number of carboxylic acids is 1. The van der Waals surface area contributed by atoms with Crippen LogP contribution in [0, 0.1) is 0 Å². The van der Waals surface area contributed by atoms with Crippen LogP contribution in [0.3, 0.4) is 0 Å². The van der Waals surface area contributed by atoms with Crippen molar-refractivity contribution in [3.05, 3.63) is 64.5 Å². The number of carboxylic acid groups (broad SMARTS) is 1. The number of fused-ring (bicyclic) bond motifs is 1. The molecule has 3 rings (SSSR count). The number of ether oxygens (including phenoxy) is 1. The summed E-state index contributed by atoms with van der Waals surface area (Å²) in [4.78, 5) is 23.5. The first-order valence-corrected chi connectivity index (χ1v) is 8.16. The predicted molar refractivity (Wildman–Crippen MR) is 93.4 cm³/mol. The molecule has 0 unspecified atom stereocenters. The summed E-state index contributed by atoms with van der Waals surface area (Å²) >= 11 is 0. The number of benzene rings is 1. The average molecular weight is 341 g/mol. The summed E-state index contributed by atoms with van der Waals surface area (Å²) < 4.78 is 12.4.